The van der Waals surface area contributed by atoms with E-state index in [4.69, 9.17) is 9.47 Å². The van der Waals surface area contributed by atoms with Crippen molar-refractivity contribution in [2.75, 3.05) is 14.2 Å². The van der Waals surface area contributed by atoms with Crippen molar-refractivity contribution in [3.8, 4) is 11.5 Å². The molecule has 7 heteroatoms. The molecule has 0 amide bonds. The molecule has 0 heterocycles. The number of ketones is 1. The highest BCUT2D eigenvalue weighted by Gasteiger charge is 2.37. The van der Waals surface area contributed by atoms with Crippen LogP contribution in [-0.2, 0) is 0 Å². The third kappa shape index (κ3) is 4.23. The Morgan fingerprint density at radius 2 is 1.55 bits per heavy atom. The van der Waals surface area contributed by atoms with E-state index >= 15 is 0 Å². The van der Waals surface area contributed by atoms with E-state index < -0.39 is 40.5 Å². The molecule has 0 N–H and O–H groups in total. The largest absolute Gasteiger partial charge is 0.493 e. The number of carbonyl (C=O) groups is 1. The Bertz CT molecular complexity index is 1210. The predicted molar refractivity (Wildman–Crippen MR) is 115 cm³/mol. The molecule has 4 rings (SSSR count). The van der Waals surface area contributed by atoms with E-state index in [0.29, 0.717) is 35.6 Å². The number of halogens is 4. The van der Waals surface area contributed by atoms with E-state index in [1.807, 2.05) is 0 Å². The summed E-state index contributed by atoms with van der Waals surface area (Å²) in [7, 11) is 2.93. The van der Waals surface area contributed by atoms with Crippen LogP contribution < -0.4 is 9.47 Å². The molecule has 33 heavy (non-hydrogen) atoms. The number of rotatable bonds is 6. The Hall–Kier alpha value is -3.61. The van der Waals surface area contributed by atoms with Crippen LogP contribution in [0.5, 0.6) is 11.5 Å². The monoisotopic (exact) mass is 456 g/mol. The molecule has 3 nitrogen and oxygen atoms in total. The maximum atomic E-state index is 14.5. The number of methoxy groups -OCH3 is 2. The average Bonchev–Trinajstić information content (AvgIpc) is 3.23. The normalized spacial score (nSPS) is 17.6. The quantitative estimate of drug-likeness (QED) is 0.321. The fourth-order valence-corrected chi connectivity index (χ4v) is 4.34. The summed E-state index contributed by atoms with van der Waals surface area (Å²) in [4.78, 5) is 13.4. The van der Waals surface area contributed by atoms with Gasteiger partial charge in [0.25, 0.3) is 0 Å². The average molecular weight is 456 g/mol. The molecule has 3 aromatic carbocycles. The van der Waals surface area contributed by atoms with Crippen LogP contribution in [0.15, 0.2) is 66.2 Å². The van der Waals surface area contributed by atoms with Crippen molar-refractivity contribution in [1.29, 1.82) is 0 Å². The lowest BCUT2D eigenvalue weighted by Crippen LogP contribution is -2.14. The van der Waals surface area contributed by atoms with Gasteiger partial charge in [-0.3, -0.25) is 4.79 Å². The molecule has 2 unspecified atom stereocenters. The zero-order valence-electron chi connectivity index (χ0n) is 17.9. The first-order chi connectivity index (χ1) is 15.8. The highest BCUT2D eigenvalue weighted by atomic mass is 19.1. The van der Waals surface area contributed by atoms with E-state index in [2.05, 4.69) is 0 Å². The van der Waals surface area contributed by atoms with Gasteiger partial charge in [0.2, 0.25) is 0 Å². The van der Waals surface area contributed by atoms with E-state index in [1.54, 1.807) is 36.4 Å². The zero-order valence-corrected chi connectivity index (χ0v) is 17.9. The maximum absolute atomic E-state index is 14.5. The number of benzene rings is 3. The van der Waals surface area contributed by atoms with Crippen LogP contribution >= 0.6 is 0 Å². The van der Waals surface area contributed by atoms with Gasteiger partial charge in [0.15, 0.2) is 17.3 Å². The molecule has 0 bridgehead atoms. The summed E-state index contributed by atoms with van der Waals surface area (Å²) in [6, 6.07) is 11.9. The molecular formula is C26H20F4O3. The van der Waals surface area contributed by atoms with Gasteiger partial charge >= 0.3 is 0 Å². The standard InChI is InChI=1S/C26H20F4O3/c1-32-23-5-3-4-18(26(23)33-2)19-10-15(14-6-8-16(27)9-7-14)11-20(19)25(31)24-21(29)12-17(28)13-22(24)30/h3-9,11-13,15,19H,10H2,1-2H3. The van der Waals surface area contributed by atoms with Crippen LogP contribution in [0.1, 0.15) is 39.7 Å². The fraction of sp³-hybridized carbons (Fsp3) is 0.192. The third-order valence-corrected chi connectivity index (χ3v) is 5.85. The molecule has 1 aliphatic carbocycles. The highest BCUT2D eigenvalue weighted by molar-refractivity contribution is 6.10. The van der Waals surface area contributed by atoms with E-state index in [1.165, 1.54) is 26.4 Å². The second kappa shape index (κ2) is 9.10. The topological polar surface area (TPSA) is 35.5 Å². The predicted octanol–water partition coefficient (Wildman–Crippen LogP) is 6.34. The number of allylic oxidation sites excluding steroid dienone is 2. The smallest absolute Gasteiger partial charge is 0.195 e. The highest BCUT2D eigenvalue weighted by Crippen LogP contribution is 2.48. The first kappa shape index (κ1) is 22.6. The summed E-state index contributed by atoms with van der Waals surface area (Å²) in [6.07, 6.45) is 2.00. The summed E-state index contributed by atoms with van der Waals surface area (Å²) in [5.41, 5.74) is 0.657. The number of hydrogen-bond acceptors (Lipinski definition) is 3. The molecule has 0 saturated carbocycles. The minimum absolute atomic E-state index is 0.139. The number of para-hydroxylation sites is 1. The molecular weight excluding hydrogens is 436 g/mol. The Morgan fingerprint density at radius 3 is 2.15 bits per heavy atom. The Kier molecular flexibility index (Phi) is 6.22. The molecule has 0 aromatic heterocycles. The fourth-order valence-electron chi connectivity index (χ4n) is 4.34. The van der Waals surface area contributed by atoms with Crippen molar-refractivity contribution in [2.45, 2.75) is 18.3 Å². The Labute approximate surface area is 188 Å². The number of carbonyl (C=O) groups excluding carboxylic acids is 1. The van der Waals surface area contributed by atoms with Gasteiger partial charge in [-0.2, -0.15) is 0 Å². The lowest BCUT2D eigenvalue weighted by Gasteiger charge is -2.20. The molecule has 0 fully saturated rings. The summed E-state index contributed by atoms with van der Waals surface area (Å²) >= 11 is 0. The third-order valence-electron chi connectivity index (χ3n) is 5.85. The van der Waals surface area contributed by atoms with Gasteiger partial charge in [-0.05, 0) is 30.2 Å². The molecule has 3 aromatic rings. The molecule has 0 saturated heterocycles. The lowest BCUT2D eigenvalue weighted by atomic mass is 9.86. The van der Waals surface area contributed by atoms with Crippen LogP contribution in [0.2, 0.25) is 0 Å². The van der Waals surface area contributed by atoms with Crippen LogP contribution in [0.3, 0.4) is 0 Å². The van der Waals surface area contributed by atoms with Gasteiger partial charge in [-0.1, -0.05) is 30.3 Å². The van der Waals surface area contributed by atoms with Crippen molar-refractivity contribution in [3.05, 3.63) is 106 Å². The van der Waals surface area contributed by atoms with Crippen LogP contribution in [-0.4, -0.2) is 20.0 Å². The number of Topliss-reactive ketones (excluding diaryl/α,β-unsaturated/α-hetero) is 1. The molecule has 0 spiro atoms. The second-order valence-corrected chi connectivity index (χ2v) is 7.72. The SMILES string of the molecule is COc1cccc(C2CC(c3ccc(F)cc3)C=C2C(=O)c2c(F)cc(F)cc2F)c1OC. The molecule has 2 atom stereocenters. The van der Waals surface area contributed by atoms with Gasteiger partial charge in [0, 0.05) is 35.1 Å². The van der Waals surface area contributed by atoms with Crippen molar-refractivity contribution in [1.82, 2.24) is 0 Å². The van der Waals surface area contributed by atoms with Gasteiger partial charge in [-0.25, -0.2) is 17.6 Å². The van der Waals surface area contributed by atoms with Crippen LogP contribution in [0.4, 0.5) is 17.6 Å². The Morgan fingerprint density at radius 1 is 0.879 bits per heavy atom. The summed E-state index contributed by atoms with van der Waals surface area (Å²) in [5, 5.41) is 0. The molecule has 0 radical (unpaired) electrons. The van der Waals surface area contributed by atoms with E-state index in [0.717, 1.165) is 5.56 Å². The summed E-state index contributed by atoms with van der Waals surface area (Å²) in [6.45, 7) is 0. The minimum atomic E-state index is -1.28. The van der Waals surface area contributed by atoms with Gasteiger partial charge < -0.3 is 9.47 Å². The number of ether oxygens (including phenoxy) is 2. The van der Waals surface area contributed by atoms with Crippen LogP contribution in [0, 0.1) is 23.3 Å². The maximum Gasteiger partial charge on any atom is 0.195 e. The van der Waals surface area contributed by atoms with E-state index in [-0.39, 0.29) is 11.5 Å². The summed E-state index contributed by atoms with van der Waals surface area (Å²) < 4.78 is 66.7. The number of hydrogen-bond donors (Lipinski definition) is 0. The molecule has 170 valence electrons. The first-order valence-electron chi connectivity index (χ1n) is 10.2. The lowest BCUT2D eigenvalue weighted by molar-refractivity contribution is 0.102. The molecule has 0 aliphatic heterocycles. The van der Waals surface area contributed by atoms with Gasteiger partial charge in [0.05, 0.1) is 19.8 Å². The van der Waals surface area contributed by atoms with Crippen molar-refractivity contribution < 1.29 is 31.8 Å². The van der Waals surface area contributed by atoms with Crippen LogP contribution in [0.25, 0.3) is 0 Å². The van der Waals surface area contributed by atoms with Gasteiger partial charge in [-0.15, -0.1) is 0 Å². The second-order valence-electron chi connectivity index (χ2n) is 7.72. The van der Waals surface area contributed by atoms with E-state index in [9.17, 15) is 22.4 Å². The van der Waals surface area contributed by atoms with Crippen molar-refractivity contribution in [3.63, 3.8) is 0 Å². The molecule has 1 aliphatic rings. The summed E-state index contributed by atoms with van der Waals surface area (Å²) in [5.74, 6) is -5.05. The Balaban J connectivity index is 1.85. The van der Waals surface area contributed by atoms with Crippen molar-refractivity contribution in [2.24, 2.45) is 0 Å². The van der Waals surface area contributed by atoms with Gasteiger partial charge in [0.1, 0.15) is 23.3 Å². The zero-order chi connectivity index (χ0) is 23.7. The first-order valence-corrected chi connectivity index (χ1v) is 10.2. The minimum Gasteiger partial charge on any atom is -0.493 e. The van der Waals surface area contributed by atoms with Crippen molar-refractivity contribution >= 4 is 5.78 Å².